The molecule has 1 aromatic heterocycles. The Morgan fingerprint density at radius 3 is 2.53 bits per heavy atom. The second-order valence-corrected chi connectivity index (χ2v) is 6.70. The van der Waals surface area contributed by atoms with Crippen LogP contribution < -0.4 is 4.72 Å². The summed E-state index contributed by atoms with van der Waals surface area (Å²) in [7, 11) is -3.62. The molecule has 0 radical (unpaired) electrons. The van der Waals surface area contributed by atoms with Crippen molar-refractivity contribution in [1.82, 2.24) is 14.9 Å². The quantitative estimate of drug-likeness (QED) is 0.777. The van der Waals surface area contributed by atoms with Crippen LogP contribution in [0, 0.1) is 0 Å². The van der Waals surface area contributed by atoms with Gasteiger partial charge in [0.25, 0.3) is 10.0 Å². The zero-order valence-electron chi connectivity index (χ0n) is 10.9. The molecule has 2 rings (SSSR count). The fourth-order valence-electron chi connectivity index (χ4n) is 2.50. The second-order valence-electron chi connectivity index (χ2n) is 5.05. The zero-order chi connectivity index (χ0) is 13.7. The molecule has 0 saturated heterocycles. The second kappa shape index (κ2) is 6.49. The third-order valence-electron chi connectivity index (χ3n) is 3.54. The topological polar surface area (TPSA) is 95.1 Å². The van der Waals surface area contributed by atoms with Gasteiger partial charge in [0.1, 0.15) is 0 Å². The van der Waals surface area contributed by atoms with Crippen molar-refractivity contribution in [2.45, 2.75) is 62.6 Å². The van der Waals surface area contributed by atoms with Crippen LogP contribution >= 0.6 is 0 Å². The Hall–Kier alpha value is -0.920. The fraction of sp³-hybridized carbons (Fsp3) is 0.750. The summed E-state index contributed by atoms with van der Waals surface area (Å²) < 4.78 is 27.2. The van der Waals surface area contributed by atoms with E-state index in [0.717, 1.165) is 25.7 Å². The monoisotopic (exact) mass is 287 g/mol. The molecule has 0 atom stereocenters. The minimum absolute atomic E-state index is 0.0138. The van der Waals surface area contributed by atoms with E-state index >= 15 is 0 Å². The molecule has 0 unspecified atom stereocenters. The van der Waals surface area contributed by atoms with Gasteiger partial charge in [-0.3, -0.25) is 5.10 Å². The number of hydrogen-bond acceptors (Lipinski definition) is 4. The molecule has 1 aliphatic rings. The Morgan fingerprint density at radius 1 is 1.26 bits per heavy atom. The van der Waals surface area contributed by atoms with Crippen molar-refractivity contribution in [3.63, 3.8) is 0 Å². The van der Waals surface area contributed by atoms with E-state index in [2.05, 4.69) is 14.9 Å². The number of aliphatic hydroxyl groups excluding tert-OH is 1. The normalized spacial score (nSPS) is 19.0. The summed E-state index contributed by atoms with van der Waals surface area (Å²) in [5.41, 5.74) is 0.304. The van der Waals surface area contributed by atoms with E-state index in [1.807, 2.05) is 0 Å². The van der Waals surface area contributed by atoms with Crippen molar-refractivity contribution >= 4 is 10.0 Å². The van der Waals surface area contributed by atoms with Crippen molar-refractivity contribution in [1.29, 1.82) is 0 Å². The van der Waals surface area contributed by atoms with E-state index in [1.54, 1.807) is 0 Å². The van der Waals surface area contributed by atoms with Gasteiger partial charge in [-0.1, -0.05) is 32.1 Å². The predicted octanol–water partition coefficient (Wildman–Crippen LogP) is 1.29. The Balaban J connectivity index is 2.07. The van der Waals surface area contributed by atoms with Crippen LogP contribution in [0.1, 0.15) is 50.5 Å². The van der Waals surface area contributed by atoms with Gasteiger partial charge >= 0.3 is 0 Å². The van der Waals surface area contributed by atoms with Crippen LogP contribution in [0.3, 0.4) is 0 Å². The summed E-state index contributed by atoms with van der Waals surface area (Å²) in [5.74, 6) is 0. The molecule has 0 amide bonds. The first-order chi connectivity index (χ1) is 9.13. The molecule has 6 nitrogen and oxygen atoms in total. The minimum atomic E-state index is -3.62. The van der Waals surface area contributed by atoms with Gasteiger partial charge in [-0.15, -0.1) is 0 Å². The first-order valence-corrected chi connectivity index (χ1v) is 8.27. The van der Waals surface area contributed by atoms with Crippen molar-refractivity contribution < 1.29 is 13.5 Å². The molecule has 1 fully saturated rings. The van der Waals surface area contributed by atoms with E-state index in [0.29, 0.717) is 5.56 Å². The summed E-state index contributed by atoms with van der Waals surface area (Å²) in [6, 6.07) is -0.0138. The average molecular weight is 287 g/mol. The third-order valence-corrected chi connectivity index (χ3v) is 5.08. The van der Waals surface area contributed by atoms with E-state index in [1.165, 1.54) is 25.5 Å². The lowest BCUT2D eigenvalue weighted by Crippen LogP contribution is -2.35. The van der Waals surface area contributed by atoms with E-state index < -0.39 is 10.0 Å². The Morgan fingerprint density at radius 2 is 1.89 bits per heavy atom. The van der Waals surface area contributed by atoms with Crippen LogP contribution in [0.15, 0.2) is 11.2 Å². The van der Waals surface area contributed by atoms with Gasteiger partial charge in [0, 0.05) is 11.6 Å². The highest BCUT2D eigenvalue weighted by Gasteiger charge is 2.24. The van der Waals surface area contributed by atoms with E-state index in [9.17, 15) is 8.42 Å². The smallest absolute Gasteiger partial charge is 0.258 e. The van der Waals surface area contributed by atoms with Crippen molar-refractivity contribution in [3.05, 3.63) is 11.8 Å². The molecule has 19 heavy (non-hydrogen) atoms. The van der Waals surface area contributed by atoms with Crippen LogP contribution in [0.4, 0.5) is 0 Å². The van der Waals surface area contributed by atoms with Crippen LogP contribution in [0.5, 0.6) is 0 Å². The molecule has 108 valence electrons. The average Bonchev–Trinajstić information content (AvgIpc) is 2.81. The number of nitrogens with one attached hydrogen (secondary N) is 2. The maximum absolute atomic E-state index is 12.2. The lowest BCUT2D eigenvalue weighted by atomic mass is 9.97. The van der Waals surface area contributed by atoms with E-state index in [4.69, 9.17) is 5.11 Å². The molecule has 1 aromatic rings. The maximum atomic E-state index is 12.2. The molecule has 1 saturated carbocycles. The van der Waals surface area contributed by atoms with Gasteiger partial charge in [0.05, 0.1) is 12.8 Å². The third kappa shape index (κ3) is 3.77. The molecule has 0 aliphatic heterocycles. The molecule has 0 bridgehead atoms. The molecule has 3 N–H and O–H groups in total. The van der Waals surface area contributed by atoms with Crippen LogP contribution in [0.2, 0.25) is 0 Å². The number of rotatable bonds is 4. The van der Waals surface area contributed by atoms with E-state index in [-0.39, 0.29) is 17.7 Å². The number of aromatic nitrogens is 2. The Labute approximate surface area is 113 Å². The Kier molecular flexibility index (Phi) is 4.95. The molecule has 0 aromatic carbocycles. The largest absolute Gasteiger partial charge is 0.392 e. The summed E-state index contributed by atoms with van der Waals surface area (Å²) in [5, 5.41) is 15.2. The molecular weight excluding hydrogens is 266 g/mol. The first-order valence-electron chi connectivity index (χ1n) is 6.79. The Bertz CT molecular complexity index is 490. The van der Waals surface area contributed by atoms with Gasteiger partial charge in [-0.25, -0.2) is 13.1 Å². The number of sulfonamides is 1. The predicted molar refractivity (Wildman–Crippen MR) is 70.9 cm³/mol. The highest BCUT2D eigenvalue weighted by atomic mass is 32.2. The zero-order valence-corrected chi connectivity index (χ0v) is 11.7. The highest BCUT2D eigenvalue weighted by Crippen LogP contribution is 2.19. The summed E-state index contributed by atoms with van der Waals surface area (Å²) in [4.78, 5) is 0. The summed E-state index contributed by atoms with van der Waals surface area (Å²) in [6.45, 7) is -0.336. The lowest BCUT2D eigenvalue weighted by Gasteiger charge is -2.20. The van der Waals surface area contributed by atoms with Crippen molar-refractivity contribution in [2.75, 3.05) is 0 Å². The number of nitrogens with zero attached hydrogens (tertiary/aromatic N) is 1. The lowest BCUT2D eigenvalue weighted by molar-refractivity contribution is 0.278. The minimum Gasteiger partial charge on any atom is -0.392 e. The maximum Gasteiger partial charge on any atom is 0.258 e. The standard InChI is InChI=1S/C12H21N3O3S/c16-9-10-8-13-14-12(10)19(17,18)15-11-6-4-2-1-3-5-7-11/h8,11,15-16H,1-7,9H2,(H,13,14). The molecule has 0 spiro atoms. The summed E-state index contributed by atoms with van der Waals surface area (Å²) >= 11 is 0. The van der Waals surface area contributed by atoms with Gasteiger partial charge in [0.2, 0.25) is 0 Å². The van der Waals surface area contributed by atoms with Gasteiger partial charge in [-0.05, 0) is 12.8 Å². The van der Waals surface area contributed by atoms with Crippen molar-refractivity contribution in [2.24, 2.45) is 0 Å². The van der Waals surface area contributed by atoms with Crippen LogP contribution in [-0.2, 0) is 16.6 Å². The fourth-order valence-corrected chi connectivity index (χ4v) is 3.92. The number of aliphatic hydroxyl groups is 1. The number of H-pyrrole nitrogens is 1. The number of aromatic amines is 1. The van der Waals surface area contributed by atoms with Crippen LogP contribution in [0.25, 0.3) is 0 Å². The summed E-state index contributed by atoms with van der Waals surface area (Å²) in [6.07, 6.45) is 8.80. The van der Waals surface area contributed by atoms with Gasteiger partial charge in [0.15, 0.2) is 5.03 Å². The van der Waals surface area contributed by atoms with Crippen LogP contribution in [-0.4, -0.2) is 29.8 Å². The van der Waals surface area contributed by atoms with Crippen molar-refractivity contribution in [3.8, 4) is 0 Å². The first kappa shape index (κ1) is 14.5. The molecule has 1 heterocycles. The molecule has 1 aliphatic carbocycles. The molecular formula is C12H21N3O3S. The molecule has 7 heteroatoms. The van der Waals surface area contributed by atoms with Gasteiger partial charge < -0.3 is 5.11 Å². The SMILES string of the molecule is O=S(=O)(NC1CCCCCCC1)c1[nH]ncc1CO. The number of hydrogen-bond donors (Lipinski definition) is 3. The highest BCUT2D eigenvalue weighted by molar-refractivity contribution is 7.89. The van der Waals surface area contributed by atoms with Gasteiger partial charge in [-0.2, -0.15) is 5.10 Å².